The monoisotopic (exact) mass is 350 g/mol. The van der Waals surface area contributed by atoms with E-state index in [1.165, 1.54) is 4.90 Å². The third-order valence-electron chi connectivity index (χ3n) is 4.24. The molecule has 1 aromatic carbocycles. The van der Waals surface area contributed by atoms with Crippen LogP contribution in [0.15, 0.2) is 36.4 Å². The number of aliphatic hydroxyl groups is 1. The van der Waals surface area contributed by atoms with Gasteiger partial charge >= 0.3 is 0 Å². The summed E-state index contributed by atoms with van der Waals surface area (Å²) in [5.74, 6) is 4.42. The number of carbonyl (C=O) groups excluding carboxylic acids is 2. The first-order valence-electron chi connectivity index (χ1n) is 7.98. The van der Waals surface area contributed by atoms with E-state index in [0.29, 0.717) is 23.4 Å². The first kappa shape index (κ1) is 17.5. The van der Waals surface area contributed by atoms with Crippen LogP contribution in [0.5, 0.6) is 0 Å². The molecule has 1 aliphatic rings. The lowest BCUT2D eigenvalue weighted by Crippen LogP contribution is -2.37. The normalized spacial score (nSPS) is 19.2. The van der Waals surface area contributed by atoms with Gasteiger partial charge in [-0.25, -0.2) is 4.98 Å². The van der Waals surface area contributed by atoms with E-state index in [4.69, 9.17) is 11.5 Å². The highest BCUT2D eigenvalue weighted by molar-refractivity contribution is 5.96. The number of hydrogen-bond donors (Lipinski definition) is 3. The number of nitrogens with two attached hydrogens (primary N) is 2. The minimum absolute atomic E-state index is 0.00730. The van der Waals surface area contributed by atoms with E-state index in [2.05, 4.69) is 16.8 Å². The van der Waals surface area contributed by atoms with Gasteiger partial charge in [0.25, 0.3) is 11.8 Å². The van der Waals surface area contributed by atoms with Crippen LogP contribution in [-0.2, 0) is 4.79 Å². The average Bonchev–Trinajstić information content (AvgIpc) is 2.88. The molecule has 7 nitrogen and oxygen atoms in total. The Kier molecular flexibility index (Phi) is 4.36. The van der Waals surface area contributed by atoms with Crippen molar-refractivity contribution >= 4 is 17.5 Å². The molecule has 1 saturated heterocycles. The number of nitrogens with zero attached hydrogens (tertiary/aromatic N) is 2. The second-order valence-corrected chi connectivity index (χ2v) is 6.17. The van der Waals surface area contributed by atoms with Crippen LogP contribution in [-0.4, -0.2) is 46.0 Å². The summed E-state index contributed by atoms with van der Waals surface area (Å²) >= 11 is 0. The molecule has 0 spiro atoms. The summed E-state index contributed by atoms with van der Waals surface area (Å²) in [4.78, 5) is 29.0. The number of aromatic nitrogens is 1. The number of pyridine rings is 1. The van der Waals surface area contributed by atoms with E-state index in [0.717, 1.165) is 0 Å². The number of likely N-dealkylation sites (N-methyl/N-ethyl adjacent to an activating group) is 1. The van der Waals surface area contributed by atoms with E-state index in [1.54, 1.807) is 43.4 Å². The number of amides is 2. The van der Waals surface area contributed by atoms with E-state index < -0.39 is 17.4 Å². The molecule has 0 radical (unpaired) electrons. The maximum atomic E-state index is 12.0. The Labute approximate surface area is 150 Å². The highest BCUT2D eigenvalue weighted by Gasteiger charge is 2.42. The lowest BCUT2D eigenvalue weighted by atomic mass is 10.0. The largest absolute Gasteiger partial charge is 0.397 e. The Morgan fingerprint density at radius 3 is 2.77 bits per heavy atom. The molecular weight excluding hydrogens is 332 g/mol. The number of anilines is 1. The van der Waals surface area contributed by atoms with Crippen LogP contribution in [0.4, 0.5) is 5.69 Å². The smallest absolute Gasteiger partial charge is 0.269 e. The number of rotatable bonds is 2. The van der Waals surface area contributed by atoms with Gasteiger partial charge in [-0.2, -0.15) is 0 Å². The van der Waals surface area contributed by atoms with Gasteiger partial charge in [0.05, 0.1) is 11.4 Å². The SMILES string of the molecule is CN1CCC(O)(C#Cc2cccc(-c3ccc(N)c(C(N)=O)n3)c2)C1=O. The first-order chi connectivity index (χ1) is 12.3. The van der Waals surface area contributed by atoms with Crippen LogP contribution >= 0.6 is 0 Å². The van der Waals surface area contributed by atoms with Gasteiger partial charge in [-0.05, 0) is 24.3 Å². The number of nitrogen functional groups attached to an aromatic ring is 1. The molecule has 0 bridgehead atoms. The molecular formula is C19H18N4O3. The molecule has 2 heterocycles. The second kappa shape index (κ2) is 6.50. The summed E-state index contributed by atoms with van der Waals surface area (Å²) < 4.78 is 0. The zero-order valence-electron chi connectivity index (χ0n) is 14.2. The summed E-state index contributed by atoms with van der Waals surface area (Å²) in [6.45, 7) is 0.468. The fraction of sp³-hybridized carbons (Fsp3) is 0.211. The topological polar surface area (TPSA) is 123 Å². The molecule has 1 aromatic heterocycles. The summed E-state index contributed by atoms with van der Waals surface area (Å²) in [5.41, 5.74) is 11.4. The molecule has 2 aromatic rings. The number of likely N-dealkylation sites (tertiary alicyclic amines) is 1. The lowest BCUT2D eigenvalue weighted by molar-refractivity contribution is -0.137. The summed E-state index contributed by atoms with van der Waals surface area (Å²) in [6.07, 6.45) is 0.274. The van der Waals surface area contributed by atoms with Crippen molar-refractivity contribution in [2.24, 2.45) is 5.73 Å². The van der Waals surface area contributed by atoms with E-state index in [-0.39, 0.29) is 17.8 Å². The van der Waals surface area contributed by atoms with Gasteiger partial charge in [0.15, 0.2) is 5.69 Å². The molecule has 1 aliphatic heterocycles. The van der Waals surface area contributed by atoms with E-state index in [1.807, 2.05) is 0 Å². The molecule has 7 heteroatoms. The molecule has 1 fully saturated rings. The van der Waals surface area contributed by atoms with Crippen molar-refractivity contribution in [1.82, 2.24) is 9.88 Å². The molecule has 3 rings (SSSR count). The van der Waals surface area contributed by atoms with Crippen molar-refractivity contribution in [3.8, 4) is 23.1 Å². The number of primary amides is 1. The van der Waals surface area contributed by atoms with Crippen molar-refractivity contribution in [3.63, 3.8) is 0 Å². The van der Waals surface area contributed by atoms with Crippen LogP contribution in [0.25, 0.3) is 11.3 Å². The van der Waals surface area contributed by atoms with Crippen molar-refractivity contribution in [2.45, 2.75) is 12.0 Å². The second-order valence-electron chi connectivity index (χ2n) is 6.17. The predicted molar refractivity (Wildman–Crippen MR) is 96.7 cm³/mol. The van der Waals surface area contributed by atoms with Crippen LogP contribution < -0.4 is 11.5 Å². The summed E-state index contributed by atoms with van der Waals surface area (Å²) in [5, 5.41) is 10.4. The van der Waals surface area contributed by atoms with Gasteiger partial charge in [0.2, 0.25) is 5.60 Å². The Morgan fingerprint density at radius 2 is 2.12 bits per heavy atom. The molecule has 1 atom stereocenters. The third-order valence-corrected chi connectivity index (χ3v) is 4.24. The Hall–Kier alpha value is -3.37. The van der Waals surface area contributed by atoms with E-state index >= 15 is 0 Å². The third kappa shape index (κ3) is 3.23. The van der Waals surface area contributed by atoms with Gasteiger partial charge in [0.1, 0.15) is 0 Å². The van der Waals surface area contributed by atoms with Crippen molar-refractivity contribution in [3.05, 3.63) is 47.7 Å². The number of hydrogen-bond acceptors (Lipinski definition) is 5. The molecule has 0 aliphatic carbocycles. The maximum Gasteiger partial charge on any atom is 0.269 e. The molecule has 26 heavy (non-hydrogen) atoms. The zero-order valence-corrected chi connectivity index (χ0v) is 14.2. The minimum atomic E-state index is -1.65. The summed E-state index contributed by atoms with van der Waals surface area (Å²) in [7, 11) is 1.63. The average molecular weight is 350 g/mol. The van der Waals surface area contributed by atoms with Crippen LogP contribution in [0.1, 0.15) is 22.5 Å². The molecule has 132 valence electrons. The number of carbonyl (C=O) groups is 2. The van der Waals surface area contributed by atoms with Crippen LogP contribution in [0.2, 0.25) is 0 Å². The van der Waals surface area contributed by atoms with Gasteiger partial charge < -0.3 is 21.5 Å². The maximum absolute atomic E-state index is 12.0. The van der Waals surface area contributed by atoms with Gasteiger partial charge in [-0.3, -0.25) is 9.59 Å². The Balaban J connectivity index is 1.93. The Bertz CT molecular complexity index is 961. The lowest BCUT2D eigenvalue weighted by Gasteiger charge is -2.13. The molecule has 1 unspecified atom stereocenters. The predicted octanol–water partition coefficient (Wildman–Crippen LogP) is 0.374. The van der Waals surface area contributed by atoms with Gasteiger partial charge in [0, 0.05) is 31.1 Å². The van der Waals surface area contributed by atoms with Crippen molar-refractivity contribution in [1.29, 1.82) is 0 Å². The highest BCUT2D eigenvalue weighted by Crippen LogP contribution is 2.23. The molecule has 5 N–H and O–H groups in total. The van der Waals surface area contributed by atoms with E-state index in [9.17, 15) is 14.7 Å². The Morgan fingerprint density at radius 1 is 1.35 bits per heavy atom. The van der Waals surface area contributed by atoms with Crippen LogP contribution in [0, 0.1) is 11.8 Å². The van der Waals surface area contributed by atoms with Crippen molar-refractivity contribution in [2.75, 3.05) is 19.3 Å². The minimum Gasteiger partial charge on any atom is -0.397 e. The standard InChI is InChI=1S/C19H18N4O3/c1-23-10-9-19(26,18(23)25)8-7-12-3-2-4-13(11-12)15-6-5-14(20)16(22-15)17(21)24/h2-6,11,26H,9-10,20H2,1H3,(H2,21,24). The van der Waals surface area contributed by atoms with Crippen LogP contribution in [0.3, 0.4) is 0 Å². The van der Waals surface area contributed by atoms with Crippen molar-refractivity contribution < 1.29 is 14.7 Å². The highest BCUT2D eigenvalue weighted by atomic mass is 16.3. The first-order valence-corrected chi connectivity index (χ1v) is 7.98. The zero-order chi connectivity index (χ0) is 18.9. The fourth-order valence-corrected chi connectivity index (χ4v) is 2.73. The van der Waals surface area contributed by atoms with Gasteiger partial charge in [-0.1, -0.05) is 24.0 Å². The molecule has 0 saturated carbocycles. The quantitative estimate of drug-likeness (QED) is 0.676. The molecule has 2 amide bonds. The fourth-order valence-electron chi connectivity index (χ4n) is 2.73. The van der Waals surface area contributed by atoms with Gasteiger partial charge in [-0.15, -0.1) is 0 Å². The number of benzene rings is 1. The summed E-state index contributed by atoms with van der Waals surface area (Å²) in [6, 6.07) is 10.3.